The maximum Gasteiger partial charge on any atom is 0.249 e. The molecule has 1 saturated heterocycles. The number of hydrogen-bond donors (Lipinski definition) is 2. The van der Waals surface area contributed by atoms with Crippen molar-refractivity contribution in [3.63, 3.8) is 0 Å². The molecule has 0 saturated carbocycles. The molecule has 2 rings (SSSR count). The van der Waals surface area contributed by atoms with Crippen LogP contribution < -0.4 is 15.8 Å². The third-order valence-corrected chi connectivity index (χ3v) is 2.76. The maximum atomic E-state index is 11.4. The zero-order chi connectivity index (χ0) is 10.7. The predicted octanol–water partition coefficient (Wildman–Crippen LogP) is 0.347. The van der Waals surface area contributed by atoms with Crippen LogP contribution >= 0.6 is 0 Å². The van der Waals surface area contributed by atoms with E-state index in [1.807, 2.05) is 0 Å². The van der Waals surface area contributed by atoms with Crippen molar-refractivity contribution in [3.05, 3.63) is 28.0 Å². The van der Waals surface area contributed by atoms with Gasteiger partial charge in [-0.05, 0) is 18.1 Å². The number of aromatic amines is 1. The molecule has 0 bridgehead atoms. The van der Waals surface area contributed by atoms with Gasteiger partial charge < -0.3 is 15.2 Å². The van der Waals surface area contributed by atoms with Crippen LogP contribution in [-0.4, -0.2) is 31.2 Å². The summed E-state index contributed by atoms with van der Waals surface area (Å²) < 4.78 is 0. The maximum absolute atomic E-state index is 11.4. The van der Waals surface area contributed by atoms with Gasteiger partial charge in [0.05, 0.1) is 0 Å². The molecule has 1 aliphatic heterocycles. The highest BCUT2D eigenvalue weighted by molar-refractivity contribution is 5.41. The highest BCUT2D eigenvalue weighted by Crippen LogP contribution is 2.11. The van der Waals surface area contributed by atoms with E-state index >= 15 is 0 Å². The number of piperazine rings is 1. The summed E-state index contributed by atoms with van der Waals surface area (Å²) in [6.07, 6.45) is 0.906. The smallest absolute Gasteiger partial charge is 0.249 e. The summed E-state index contributed by atoms with van der Waals surface area (Å²) in [7, 11) is 0. The van der Waals surface area contributed by atoms with E-state index in [9.17, 15) is 4.79 Å². The molecule has 15 heavy (non-hydrogen) atoms. The van der Waals surface area contributed by atoms with Crippen LogP contribution in [0.25, 0.3) is 0 Å². The fourth-order valence-corrected chi connectivity index (χ4v) is 1.86. The second-order valence-electron chi connectivity index (χ2n) is 3.83. The molecule has 0 atom stereocenters. The van der Waals surface area contributed by atoms with Crippen molar-refractivity contribution in [1.29, 1.82) is 0 Å². The summed E-state index contributed by atoms with van der Waals surface area (Å²) in [4.78, 5) is 16.5. The number of nitrogens with one attached hydrogen (secondary N) is 2. The zero-order valence-electron chi connectivity index (χ0n) is 9.05. The van der Waals surface area contributed by atoms with Gasteiger partial charge in [-0.1, -0.05) is 6.92 Å². The quantitative estimate of drug-likeness (QED) is 0.735. The summed E-state index contributed by atoms with van der Waals surface area (Å²) in [5, 5.41) is 3.29. The van der Waals surface area contributed by atoms with Crippen LogP contribution in [0.2, 0.25) is 0 Å². The molecule has 82 valence electrons. The normalized spacial score (nSPS) is 16.7. The van der Waals surface area contributed by atoms with Crippen LogP contribution in [0.5, 0.6) is 0 Å². The van der Waals surface area contributed by atoms with Gasteiger partial charge in [-0.2, -0.15) is 0 Å². The van der Waals surface area contributed by atoms with E-state index in [0.717, 1.165) is 44.0 Å². The van der Waals surface area contributed by atoms with Crippen LogP contribution in [-0.2, 0) is 6.42 Å². The second kappa shape index (κ2) is 4.49. The van der Waals surface area contributed by atoms with Gasteiger partial charge in [-0.25, -0.2) is 0 Å². The number of anilines is 1. The molecule has 2 N–H and O–H groups in total. The first-order chi connectivity index (χ1) is 7.29. The number of rotatable bonds is 2. The van der Waals surface area contributed by atoms with Crippen LogP contribution in [0.15, 0.2) is 16.9 Å². The Morgan fingerprint density at radius 3 is 2.73 bits per heavy atom. The van der Waals surface area contributed by atoms with E-state index in [1.165, 1.54) is 0 Å². The van der Waals surface area contributed by atoms with Crippen molar-refractivity contribution in [2.45, 2.75) is 13.3 Å². The fraction of sp³-hybridized carbons (Fsp3) is 0.545. The first-order valence-corrected chi connectivity index (χ1v) is 5.48. The summed E-state index contributed by atoms with van der Waals surface area (Å²) in [6.45, 7) is 5.96. The third-order valence-electron chi connectivity index (χ3n) is 2.76. The molecule has 1 aromatic heterocycles. The minimum absolute atomic E-state index is 0.00267. The zero-order valence-corrected chi connectivity index (χ0v) is 9.05. The number of pyridine rings is 1. The lowest BCUT2D eigenvalue weighted by atomic mass is 10.2. The Balaban J connectivity index is 2.26. The first-order valence-electron chi connectivity index (χ1n) is 5.48. The van der Waals surface area contributed by atoms with Crippen molar-refractivity contribution in [2.24, 2.45) is 0 Å². The Bertz CT molecular complexity index is 380. The molecule has 4 nitrogen and oxygen atoms in total. The summed E-state index contributed by atoms with van der Waals surface area (Å²) in [5.41, 5.74) is 1.11. The number of H-pyrrole nitrogens is 1. The number of aromatic nitrogens is 1. The lowest BCUT2D eigenvalue weighted by molar-refractivity contribution is 0.584. The van der Waals surface area contributed by atoms with Gasteiger partial charge in [0.25, 0.3) is 0 Å². The van der Waals surface area contributed by atoms with Gasteiger partial charge in [0.2, 0.25) is 5.56 Å². The number of aryl methyl sites for hydroxylation is 1. The molecule has 4 heteroatoms. The molecule has 0 aromatic carbocycles. The molecule has 0 unspecified atom stereocenters. The molecule has 0 amide bonds. The van der Waals surface area contributed by atoms with E-state index in [-0.39, 0.29) is 5.56 Å². The summed E-state index contributed by atoms with van der Waals surface area (Å²) in [6, 6.07) is 3.75. The highest BCUT2D eigenvalue weighted by atomic mass is 16.1. The van der Waals surface area contributed by atoms with Crippen LogP contribution in [0.1, 0.15) is 12.5 Å². The molecule has 0 spiro atoms. The Kier molecular flexibility index (Phi) is 3.06. The second-order valence-corrected chi connectivity index (χ2v) is 3.83. The lowest BCUT2D eigenvalue weighted by Gasteiger charge is -2.29. The standard InChI is InChI=1S/C11H17N3O/c1-2-9-7-10(13-11(15)8-9)14-5-3-12-4-6-14/h7-8,12H,2-6H2,1H3,(H,13,15). The summed E-state index contributed by atoms with van der Waals surface area (Å²) in [5.74, 6) is 0.959. The Morgan fingerprint density at radius 2 is 2.07 bits per heavy atom. The van der Waals surface area contributed by atoms with E-state index in [0.29, 0.717) is 0 Å². The van der Waals surface area contributed by atoms with E-state index in [4.69, 9.17) is 0 Å². The van der Waals surface area contributed by atoms with E-state index in [1.54, 1.807) is 6.07 Å². The molecule has 1 aromatic rings. The minimum atomic E-state index is 0.00267. The van der Waals surface area contributed by atoms with Crippen LogP contribution in [0.4, 0.5) is 5.82 Å². The molecule has 1 aliphatic rings. The van der Waals surface area contributed by atoms with Crippen LogP contribution in [0.3, 0.4) is 0 Å². The SMILES string of the molecule is CCc1cc(N2CCNCC2)[nH]c(=O)c1. The molecule has 1 fully saturated rings. The fourth-order valence-electron chi connectivity index (χ4n) is 1.86. The average Bonchev–Trinajstić information content (AvgIpc) is 2.29. The predicted molar refractivity (Wildman–Crippen MR) is 61.5 cm³/mol. The first kappa shape index (κ1) is 10.2. The lowest BCUT2D eigenvalue weighted by Crippen LogP contribution is -2.44. The molecular formula is C11H17N3O. The Morgan fingerprint density at radius 1 is 1.33 bits per heavy atom. The molecular weight excluding hydrogens is 190 g/mol. The topological polar surface area (TPSA) is 48.1 Å². The highest BCUT2D eigenvalue weighted by Gasteiger charge is 2.11. The van der Waals surface area contributed by atoms with Gasteiger partial charge in [0.1, 0.15) is 5.82 Å². The van der Waals surface area contributed by atoms with E-state index < -0.39 is 0 Å². The molecule has 0 aliphatic carbocycles. The van der Waals surface area contributed by atoms with Crippen molar-refractivity contribution in [3.8, 4) is 0 Å². The van der Waals surface area contributed by atoms with Crippen molar-refractivity contribution < 1.29 is 0 Å². The van der Waals surface area contributed by atoms with Crippen molar-refractivity contribution in [1.82, 2.24) is 10.3 Å². The molecule has 2 heterocycles. The van der Waals surface area contributed by atoms with Gasteiger partial charge in [-0.15, -0.1) is 0 Å². The third kappa shape index (κ3) is 2.39. The van der Waals surface area contributed by atoms with Gasteiger partial charge >= 0.3 is 0 Å². The number of nitrogens with zero attached hydrogens (tertiary/aromatic N) is 1. The average molecular weight is 207 g/mol. The van der Waals surface area contributed by atoms with Crippen LogP contribution in [0, 0.1) is 0 Å². The minimum Gasteiger partial charge on any atom is -0.356 e. The van der Waals surface area contributed by atoms with Gasteiger partial charge in [-0.3, -0.25) is 4.79 Å². The largest absolute Gasteiger partial charge is 0.356 e. The molecule has 0 radical (unpaired) electrons. The van der Waals surface area contributed by atoms with Gasteiger partial charge in [0.15, 0.2) is 0 Å². The summed E-state index contributed by atoms with van der Waals surface area (Å²) >= 11 is 0. The van der Waals surface area contributed by atoms with Crippen molar-refractivity contribution >= 4 is 5.82 Å². The van der Waals surface area contributed by atoms with Crippen molar-refractivity contribution in [2.75, 3.05) is 31.1 Å². The Labute approximate surface area is 89.3 Å². The monoisotopic (exact) mass is 207 g/mol. The number of hydrogen-bond acceptors (Lipinski definition) is 3. The Hall–Kier alpha value is -1.29. The van der Waals surface area contributed by atoms with Gasteiger partial charge in [0, 0.05) is 32.2 Å². The van der Waals surface area contributed by atoms with E-state index in [2.05, 4.69) is 28.2 Å².